The number of hydrogen-bond donors (Lipinski definition) is 0. The van der Waals surface area contributed by atoms with Gasteiger partial charge in [-0.2, -0.15) is 0 Å². The van der Waals surface area contributed by atoms with Crippen LogP contribution in [0.1, 0.15) is 32.1 Å². The highest BCUT2D eigenvalue weighted by molar-refractivity contribution is 6.18. The molecule has 0 radical (unpaired) electrons. The molecule has 2 aliphatic rings. The molecule has 0 aromatic rings. The number of ether oxygens (including phenoxy) is 2. The Morgan fingerprint density at radius 3 is 2.79 bits per heavy atom. The normalized spacial score (nSPS) is 38.8. The molecule has 2 aliphatic heterocycles. The van der Waals surface area contributed by atoms with E-state index in [1.807, 2.05) is 0 Å². The fourth-order valence-electron chi connectivity index (χ4n) is 2.50. The molecule has 2 fully saturated rings. The summed E-state index contributed by atoms with van der Waals surface area (Å²) in [5.74, 6) is 1.32. The Morgan fingerprint density at radius 2 is 2.21 bits per heavy atom. The average Bonchev–Trinajstić information content (AvgIpc) is 2.72. The van der Waals surface area contributed by atoms with Crippen LogP contribution >= 0.6 is 11.6 Å². The van der Waals surface area contributed by atoms with E-state index in [1.54, 1.807) is 0 Å². The third kappa shape index (κ3) is 2.41. The molecule has 2 heterocycles. The number of rotatable bonds is 3. The van der Waals surface area contributed by atoms with Crippen molar-refractivity contribution in [3.8, 4) is 0 Å². The summed E-state index contributed by atoms with van der Waals surface area (Å²) in [5, 5.41) is 0. The van der Waals surface area contributed by atoms with Gasteiger partial charge in [-0.05, 0) is 38.0 Å². The van der Waals surface area contributed by atoms with E-state index in [-0.39, 0.29) is 5.60 Å². The second-order valence-corrected chi connectivity index (χ2v) is 4.82. The minimum absolute atomic E-state index is 0.0296. The molecule has 0 aromatic carbocycles. The summed E-state index contributed by atoms with van der Waals surface area (Å²) in [4.78, 5) is 0. The topological polar surface area (TPSA) is 18.5 Å². The second kappa shape index (κ2) is 4.82. The smallest absolute Gasteiger partial charge is 0.0820 e. The van der Waals surface area contributed by atoms with Gasteiger partial charge in [0, 0.05) is 19.8 Å². The van der Waals surface area contributed by atoms with Gasteiger partial charge in [-0.1, -0.05) is 0 Å². The van der Waals surface area contributed by atoms with Crippen molar-refractivity contribution in [2.24, 2.45) is 5.92 Å². The maximum Gasteiger partial charge on any atom is 0.0820 e. The molecule has 0 saturated carbocycles. The molecule has 0 aromatic heterocycles. The van der Waals surface area contributed by atoms with Crippen LogP contribution in [0.15, 0.2) is 0 Å². The predicted molar refractivity (Wildman–Crippen MR) is 56.8 cm³/mol. The lowest BCUT2D eigenvalue weighted by Gasteiger charge is -2.37. The first-order chi connectivity index (χ1) is 6.85. The Hall–Kier alpha value is 0.210. The molecule has 2 saturated heterocycles. The van der Waals surface area contributed by atoms with E-state index in [9.17, 15) is 0 Å². The Bertz CT molecular complexity index is 172. The minimum Gasteiger partial charge on any atom is -0.381 e. The molecular weight excluding hydrogens is 200 g/mol. The first-order valence-electron chi connectivity index (χ1n) is 5.62. The summed E-state index contributed by atoms with van der Waals surface area (Å²) in [6.07, 6.45) is 5.87. The summed E-state index contributed by atoms with van der Waals surface area (Å²) < 4.78 is 11.3. The lowest BCUT2D eigenvalue weighted by molar-refractivity contribution is -0.0766. The van der Waals surface area contributed by atoms with E-state index in [1.165, 1.54) is 19.3 Å². The largest absolute Gasteiger partial charge is 0.381 e. The van der Waals surface area contributed by atoms with Crippen LogP contribution in [-0.2, 0) is 9.47 Å². The standard InChI is InChI=1S/C11H19ClO2/c12-9-11(4-1-2-5-14-11)7-10-3-6-13-8-10/h10H,1-9H2. The van der Waals surface area contributed by atoms with Crippen molar-refractivity contribution >= 4 is 11.6 Å². The highest BCUT2D eigenvalue weighted by Crippen LogP contribution is 2.34. The van der Waals surface area contributed by atoms with Crippen LogP contribution in [-0.4, -0.2) is 31.3 Å². The molecular formula is C11H19ClO2. The van der Waals surface area contributed by atoms with Gasteiger partial charge in [0.1, 0.15) is 0 Å². The van der Waals surface area contributed by atoms with Crippen molar-refractivity contribution in [3.05, 3.63) is 0 Å². The van der Waals surface area contributed by atoms with Crippen molar-refractivity contribution in [2.45, 2.75) is 37.7 Å². The minimum atomic E-state index is -0.0296. The van der Waals surface area contributed by atoms with Gasteiger partial charge in [-0.25, -0.2) is 0 Å². The SMILES string of the molecule is ClCC1(CC2CCOC2)CCCCO1. The van der Waals surface area contributed by atoms with E-state index < -0.39 is 0 Å². The Balaban J connectivity index is 1.89. The van der Waals surface area contributed by atoms with Crippen molar-refractivity contribution in [1.29, 1.82) is 0 Å². The van der Waals surface area contributed by atoms with Gasteiger partial charge >= 0.3 is 0 Å². The molecule has 0 amide bonds. The third-order valence-electron chi connectivity index (χ3n) is 3.36. The molecule has 82 valence electrons. The molecule has 2 unspecified atom stereocenters. The van der Waals surface area contributed by atoms with E-state index in [2.05, 4.69) is 0 Å². The van der Waals surface area contributed by atoms with Crippen LogP contribution in [0.3, 0.4) is 0 Å². The van der Waals surface area contributed by atoms with Gasteiger partial charge in [0.05, 0.1) is 11.5 Å². The lowest BCUT2D eigenvalue weighted by atomic mass is 9.85. The fourth-order valence-corrected chi connectivity index (χ4v) is 2.82. The van der Waals surface area contributed by atoms with Crippen molar-refractivity contribution in [1.82, 2.24) is 0 Å². The lowest BCUT2D eigenvalue weighted by Crippen LogP contribution is -2.40. The molecule has 3 heteroatoms. The first-order valence-corrected chi connectivity index (χ1v) is 6.16. The number of alkyl halides is 1. The van der Waals surface area contributed by atoms with Crippen LogP contribution in [0.5, 0.6) is 0 Å². The van der Waals surface area contributed by atoms with Crippen LogP contribution in [0, 0.1) is 5.92 Å². The third-order valence-corrected chi connectivity index (χ3v) is 3.85. The van der Waals surface area contributed by atoms with Gasteiger partial charge in [0.2, 0.25) is 0 Å². The Kier molecular flexibility index (Phi) is 3.69. The van der Waals surface area contributed by atoms with Gasteiger partial charge < -0.3 is 9.47 Å². The Morgan fingerprint density at radius 1 is 1.29 bits per heavy atom. The van der Waals surface area contributed by atoms with Crippen molar-refractivity contribution in [3.63, 3.8) is 0 Å². The summed E-state index contributed by atoms with van der Waals surface area (Å²) >= 11 is 6.05. The molecule has 0 N–H and O–H groups in total. The summed E-state index contributed by atoms with van der Waals surface area (Å²) in [7, 11) is 0. The molecule has 14 heavy (non-hydrogen) atoms. The van der Waals surface area contributed by atoms with Gasteiger partial charge in [0.25, 0.3) is 0 Å². The maximum absolute atomic E-state index is 6.05. The monoisotopic (exact) mass is 218 g/mol. The second-order valence-electron chi connectivity index (χ2n) is 4.56. The van der Waals surface area contributed by atoms with E-state index in [0.29, 0.717) is 11.8 Å². The molecule has 0 aliphatic carbocycles. The van der Waals surface area contributed by atoms with E-state index >= 15 is 0 Å². The van der Waals surface area contributed by atoms with Gasteiger partial charge in [-0.3, -0.25) is 0 Å². The molecule has 0 spiro atoms. The number of hydrogen-bond acceptors (Lipinski definition) is 2. The zero-order valence-electron chi connectivity index (χ0n) is 8.64. The maximum atomic E-state index is 6.05. The highest BCUT2D eigenvalue weighted by atomic mass is 35.5. The summed E-state index contributed by atoms with van der Waals surface area (Å²) in [5.41, 5.74) is -0.0296. The fraction of sp³-hybridized carbons (Fsp3) is 1.00. The van der Waals surface area contributed by atoms with E-state index in [0.717, 1.165) is 32.7 Å². The average molecular weight is 219 g/mol. The van der Waals surface area contributed by atoms with Gasteiger partial charge in [0.15, 0.2) is 0 Å². The highest BCUT2D eigenvalue weighted by Gasteiger charge is 2.36. The molecule has 0 bridgehead atoms. The molecule has 2 nitrogen and oxygen atoms in total. The van der Waals surface area contributed by atoms with Crippen molar-refractivity contribution < 1.29 is 9.47 Å². The quantitative estimate of drug-likeness (QED) is 0.678. The van der Waals surface area contributed by atoms with Crippen LogP contribution in [0.4, 0.5) is 0 Å². The first kappa shape index (κ1) is 10.7. The van der Waals surface area contributed by atoms with Crippen LogP contribution in [0.25, 0.3) is 0 Å². The molecule has 2 rings (SSSR count). The van der Waals surface area contributed by atoms with Crippen molar-refractivity contribution in [2.75, 3.05) is 25.7 Å². The number of halogens is 1. The summed E-state index contributed by atoms with van der Waals surface area (Å²) in [6.45, 7) is 2.71. The molecule has 2 atom stereocenters. The zero-order chi connectivity index (χ0) is 9.86. The van der Waals surface area contributed by atoms with Gasteiger partial charge in [-0.15, -0.1) is 11.6 Å². The zero-order valence-corrected chi connectivity index (χ0v) is 9.39. The van der Waals surface area contributed by atoms with Crippen LogP contribution in [0.2, 0.25) is 0 Å². The summed E-state index contributed by atoms with van der Waals surface area (Å²) in [6, 6.07) is 0. The van der Waals surface area contributed by atoms with E-state index in [4.69, 9.17) is 21.1 Å². The van der Waals surface area contributed by atoms with Crippen LogP contribution < -0.4 is 0 Å². The Labute approximate surface area is 90.9 Å². The predicted octanol–water partition coefficient (Wildman–Crippen LogP) is 2.59.